The normalized spacial score (nSPS) is 11.7. The zero-order valence-electron chi connectivity index (χ0n) is 15.7. The Labute approximate surface area is 154 Å². The second-order valence-corrected chi connectivity index (χ2v) is 14.9. The smallest absolute Gasteiger partial charge is 0.269 e. The van der Waals surface area contributed by atoms with Crippen molar-refractivity contribution in [3.63, 3.8) is 0 Å². The molecule has 0 N–H and O–H groups in total. The number of hydrogen-bond acceptors (Lipinski definition) is 2. The molecule has 2 aromatic rings. The van der Waals surface area contributed by atoms with Crippen LogP contribution in [-0.4, -0.2) is 16.6 Å². The first-order valence-electron chi connectivity index (χ1n) is 8.56. The molecule has 25 heavy (non-hydrogen) atoms. The molecule has 2 rings (SSSR count). The Morgan fingerprint density at radius 2 is 1.00 bits per heavy atom. The molecule has 2 aromatic carbocycles. The van der Waals surface area contributed by atoms with Gasteiger partial charge in [-0.1, -0.05) is 35.7 Å². The van der Waals surface area contributed by atoms with Crippen LogP contribution in [0.2, 0.25) is 26.2 Å². The van der Waals surface area contributed by atoms with Gasteiger partial charge in [-0.15, -0.1) is 13.2 Å². The van der Waals surface area contributed by atoms with Crippen LogP contribution in [-0.2, 0) is 6.42 Å². The summed E-state index contributed by atoms with van der Waals surface area (Å²) in [5, 5.41) is 0. The minimum absolute atomic E-state index is 0.894. The molecular formula is C21H28O2Si2. The van der Waals surface area contributed by atoms with Gasteiger partial charge in [0.1, 0.15) is 11.5 Å². The summed E-state index contributed by atoms with van der Waals surface area (Å²) in [6.07, 6.45) is 0.894. The molecule has 0 spiro atoms. The van der Waals surface area contributed by atoms with E-state index in [-0.39, 0.29) is 0 Å². The largest absolute Gasteiger partial charge is 0.540 e. The molecule has 0 unspecified atom stereocenters. The van der Waals surface area contributed by atoms with E-state index >= 15 is 0 Å². The van der Waals surface area contributed by atoms with E-state index in [0.717, 1.165) is 17.9 Å². The highest BCUT2D eigenvalue weighted by atomic mass is 28.4. The van der Waals surface area contributed by atoms with E-state index in [4.69, 9.17) is 8.85 Å². The fraction of sp³-hybridized carbons (Fsp3) is 0.238. The van der Waals surface area contributed by atoms with E-state index in [2.05, 4.69) is 63.6 Å². The van der Waals surface area contributed by atoms with E-state index in [9.17, 15) is 0 Å². The SMILES string of the molecule is C=C[Si](C)(C)Oc1ccc(Cc2ccc(O[Si](C)(C)C=C)cc2)cc1. The fourth-order valence-electron chi connectivity index (χ4n) is 2.28. The zero-order chi connectivity index (χ0) is 18.5. The standard InChI is InChI=1S/C21H28O2Si2/c1-7-24(3,4)22-20-13-9-18(10-14-20)17-19-11-15-21(16-12-19)23-25(5,6)8-2/h7-16H,1-2,17H2,3-6H3. The first-order valence-corrected chi connectivity index (χ1v) is 14.5. The molecule has 0 aromatic heterocycles. The molecule has 0 saturated carbocycles. The van der Waals surface area contributed by atoms with Crippen LogP contribution in [0.5, 0.6) is 11.5 Å². The minimum Gasteiger partial charge on any atom is -0.540 e. The van der Waals surface area contributed by atoms with Gasteiger partial charge in [-0.05, 0) is 68.0 Å². The predicted octanol–water partition coefficient (Wildman–Crippen LogP) is 5.90. The third-order valence-corrected chi connectivity index (χ3v) is 7.49. The van der Waals surface area contributed by atoms with Crippen LogP contribution in [0.3, 0.4) is 0 Å². The van der Waals surface area contributed by atoms with Gasteiger partial charge in [0.05, 0.1) is 0 Å². The number of benzene rings is 2. The van der Waals surface area contributed by atoms with Crippen LogP contribution in [0.25, 0.3) is 0 Å². The molecule has 0 aliphatic carbocycles. The van der Waals surface area contributed by atoms with Crippen molar-refractivity contribution in [3.8, 4) is 11.5 Å². The molecule has 0 aliphatic rings. The molecule has 4 heteroatoms. The first-order chi connectivity index (χ1) is 11.7. The molecule has 0 aliphatic heterocycles. The summed E-state index contributed by atoms with van der Waals surface area (Å²) in [7, 11) is -3.59. The van der Waals surface area contributed by atoms with E-state index in [1.165, 1.54) is 11.1 Å². The number of hydrogen-bond donors (Lipinski definition) is 0. The van der Waals surface area contributed by atoms with E-state index in [1.54, 1.807) is 0 Å². The molecular weight excluding hydrogens is 340 g/mol. The lowest BCUT2D eigenvalue weighted by Crippen LogP contribution is -2.31. The van der Waals surface area contributed by atoms with Crippen LogP contribution < -0.4 is 8.85 Å². The Bertz CT molecular complexity index is 653. The highest BCUT2D eigenvalue weighted by Gasteiger charge is 2.20. The van der Waals surface area contributed by atoms with Crippen molar-refractivity contribution < 1.29 is 8.85 Å². The van der Waals surface area contributed by atoms with Gasteiger partial charge >= 0.3 is 0 Å². The van der Waals surface area contributed by atoms with Crippen LogP contribution in [0.4, 0.5) is 0 Å². The van der Waals surface area contributed by atoms with Crippen LogP contribution in [0.15, 0.2) is 73.1 Å². The molecule has 0 fully saturated rings. The van der Waals surface area contributed by atoms with Crippen LogP contribution in [0.1, 0.15) is 11.1 Å². The molecule has 0 heterocycles. The average Bonchev–Trinajstić information content (AvgIpc) is 2.58. The Kier molecular flexibility index (Phi) is 6.08. The van der Waals surface area contributed by atoms with Crippen molar-refractivity contribution in [1.82, 2.24) is 0 Å². The molecule has 0 atom stereocenters. The molecule has 0 saturated heterocycles. The van der Waals surface area contributed by atoms with Gasteiger partial charge in [0.2, 0.25) is 0 Å². The molecule has 0 radical (unpaired) electrons. The van der Waals surface area contributed by atoms with Gasteiger partial charge in [0, 0.05) is 0 Å². The second kappa shape index (κ2) is 7.89. The predicted molar refractivity (Wildman–Crippen MR) is 112 cm³/mol. The topological polar surface area (TPSA) is 18.5 Å². The molecule has 0 amide bonds. The maximum atomic E-state index is 6.03. The Balaban J connectivity index is 2.00. The number of rotatable bonds is 8. The van der Waals surface area contributed by atoms with E-state index in [0.29, 0.717) is 0 Å². The Morgan fingerprint density at radius 3 is 1.28 bits per heavy atom. The lowest BCUT2D eigenvalue weighted by atomic mass is 10.1. The summed E-state index contributed by atoms with van der Waals surface area (Å²) in [5.41, 5.74) is 6.42. The van der Waals surface area contributed by atoms with Gasteiger partial charge in [-0.25, -0.2) is 0 Å². The van der Waals surface area contributed by atoms with Gasteiger partial charge in [-0.2, -0.15) is 0 Å². The molecule has 0 bridgehead atoms. The zero-order valence-corrected chi connectivity index (χ0v) is 17.7. The van der Waals surface area contributed by atoms with E-state index < -0.39 is 16.6 Å². The summed E-state index contributed by atoms with van der Waals surface area (Å²) < 4.78 is 12.1. The second-order valence-electron chi connectivity index (χ2n) is 7.28. The summed E-state index contributed by atoms with van der Waals surface area (Å²) in [6, 6.07) is 16.7. The fourth-order valence-corrected chi connectivity index (χ4v) is 3.93. The lowest BCUT2D eigenvalue weighted by molar-refractivity contribution is 0.563. The van der Waals surface area contributed by atoms with Crippen molar-refractivity contribution in [2.24, 2.45) is 0 Å². The van der Waals surface area contributed by atoms with Crippen molar-refractivity contribution >= 4 is 16.6 Å². The molecule has 132 valence electrons. The average molecular weight is 369 g/mol. The Morgan fingerprint density at radius 1 is 0.680 bits per heavy atom. The minimum atomic E-state index is -1.79. The lowest BCUT2D eigenvalue weighted by Gasteiger charge is -2.20. The highest BCUT2D eigenvalue weighted by Crippen LogP contribution is 2.21. The molecule has 2 nitrogen and oxygen atoms in total. The van der Waals surface area contributed by atoms with Crippen molar-refractivity contribution in [2.45, 2.75) is 32.6 Å². The van der Waals surface area contributed by atoms with Gasteiger partial charge in [0.15, 0.2) is 0 Å². The van der Waals surface area contributed by atoms with Crippen molar-refractivity contribution in [1.29, 1.82) is 0 Å². The van der Waals surface area contributed by atoms with E-state index in [1.807, 2.05) is 35.7 Å². The quantitative estimate of drug-likeness (QED) is 0.540. The summed E-state index contributed by atoms with van der Waals surface area (Å²) in [6.45, 7) is 16.3. The van der Waals surface area contributed by atoms with Crippen LogP contribution in [0, 0.1) is 0 Å². The van der Waals surface area contributed by atoms with Gasteiger partial charge in [0.25, 0.3) is 16.6 Å². The van der Waals surface area contributed by atoms with Crippen molar-refractivity contribution in [3.05, 3.63) is 84.2 Å². The third kappa shape index (κ3) is 6.07. The third-order valence-electron chi connectivity index (χ3n) is 4.00. The maximum absolute atomic E-state index is 6.03. The van der Waals surface area contributed by atoms with Gasteiger partial charge in [-0.3, -0.25) is 0 Å². The van der Waals surface area contributed by atoms with Crippen LogP contribution >= 0.6 is 0 Å². The summed E-state index contributed by atoms with van der Waals surface area (Å²) in [5.74, 6) is 1.83. The Hall–Kier alpha value is -2.05. The summed E-state index contributed by atoms with van der Waals surface area (Å²) >= 11 is 0. The monoisotopic (exact) mass is 368 g/mol. The van der Waals surface area contributed by atoms with Gasteiger partial charge < -0.3 is 8.85 Å². The summed E-state index contributed by atoms with van der Waals surface area (Å²) in [4.78, 5) is 0. The highest BCUT2D eigenvalue weighted by molar-refractivity contribution is 6.77. The first kappa shape index (κ1) is 19.3. The van der Waals surface area contributed by atoms with Crippen molar-refractivity contribution in [2.75, 3.05) is 0 Å². The maximum Gasteiger partial charge on any atom is 0.269 e.